The van der Waals surface area contributed by atoms with E-state index in [0.29, 0.717) is 0 Å². The van der Waals surface area contributed by atoms with Gasteiger partial charge in [-0.3, -0.25) is 4.99 Å². The van der Waals surface area contributed by atoms with Crippen molar-refractivity contribution < 1.29 is 0 Å². The predicted molar refractivity (Wildman–Crippen MR) is 38.8 cm³/mol. The highest BCUT2D eigenvalue weighted by atomic mass is 15.0. The minimum absolute atomic E-state index is 0.146. The lowest BCUT2D eigenvalue weighted by atomic mass is 10.1. The zero-order valence-electron chi connectivity index (χ0n) is 5.72. The lowest BCUT2D eigenvalue weighted by molar-refractivity contribution is 0.463. The van der Waals surface area contributed by atoms with Crippen LogP contribution in [0.3, 0.4) is 0 Å². The molecule has 0 radical (unpaired) electrons. The largest absolute Gasteiger partial charge is 0.323 e. The summed E-state index contributed by atoms with van der Waals surface area (Å²) in [5.41, 5.74) is 5.66. The molecule has 0 amide bonds. The van der Waals surface area contributed by atoms with Gasteiger partial charge < -0.3 is 11.1 Å². The molecule has 1 heterocycles. The van der Waals surface area contributed by atoms with Gasteiger partial charge in [0.1, 0.15) is 0 Å². The van der Waals surface area contributed by atoms with Gasteiger partial charge in [-0.05, 0) is 6.92 Å². The van der Waals surface area contributed by atoms with Gasteiger partial charge in [-0.25, -0.2) is 0 Å². The maximum Gasteiger partial charge on any atom is 0.0575 e. The highest BCUT2D eigenvalue weighted by molar-refractivity contribution is 5.60. The van der Waals surface area contributed by atoms with E-state index in [2.05, 4.69) is 10.3 Å². The zero-order chi connectivity index (χ0) is 6.74. The third-order valence-electron chi connectivity index (χ3n) is 1.35. The molecule has 0 bridgehead atoms. The van der Waals surface area contributed by atoms with Crippen LogP contribution in [0.15, 0.2) is 4.99 Å². The summed E-state index contributed by atoms with van der Waals surface area (Å²) in [6, 6.07) is 0. The molecule has 1 atom stereocenters. The average Bonchev–Trinajstić information content (AvgIpc) is 1.92. The van der Waals surface area contributed by atoms with E-state index < -0.39 is 0 Å². The number of nitrogens with zero attached hydrogens (tertiary/aromatic N) is 1. The van der Waals surface area contributed by atoms with Gasteiger partial charge in [0, 0.05) is 24.8 Å². The summed E-state index contributed by atoms with van der Waals surface area (Å²) in [6.45, 7) is 4.45. The molecular formula is C6H13N3. The smallest absolute Gasteiger partial charge is 0.0575 e. The molecule has 0 saturated heterocycles. The molecule has 0 aromatic heterocycles. The molecular weight excluding hydrogens is 114 g/mol. The van der Waals surface area contributed by atoms with Crippen molar-refractivity contribution in [3.63, 3.8) is 0 Å². The quantitative estimate of drug-likeness (QED) is 0.455. The Kier molecular flexibility index (Phi) is 1.83. The van der Waals surface area contributed by atoms with Crippen LogP contribution in [0.2, 0.25) is 0 Å². The lowest BCUT2D eigenvalue weighted by Gasteiger charge is -2.19. The van der Waals surface area contributed by atoms with Gasteiger partial charge in [0.15, 0.2) is 0 Å². The van der Waals surface area contributed by atoms with Gasteiger partial charge in [-0.1, -0.05) is 0 Å². The Bertz CT molecular complexity index is 117. The molecule has 0 aliphatic carbocycles. The Morgan fingerprint density at radius 2 is 2.56 bits per heavy atom. The summed E-state index contributed by atoms with van der Waals surface area (Å²) in [6.07, 6.45) is 1.87. The van der Waals surface area contributed by atoms with Crippen molar-refractivity contribution >= 4 is 6.21 Å². The van der Waals surface area contributed by atoms with Crippen LogP contribution in [0.5, 0.6) is 0 Å². The second-order valence-electron chi connectivity index (χ2n) is 2.81. The van der Waals surface area contributed by atoms with E-state index in [0.717, 1.165) is 19.6 Å². The van der Waals surface area contributed by atoms with E-state index in [1.54, 1.807) is 0 Å². The van der Waals surface area contributed by atoms with E-state index >= 15 is 0 Å². The Labute approximate surface area is 55.3 Å². The third kappa shape index (κ3) is 2.11. The van der Waals surface area contributed by atoms with E-state index in [4.69, 9.17) is 5.73 Å². The maximum atomic E-state index is 5.80. The van der Waals surface area contributed by atoms with Gasteiger partial charge >= 0.3 is 0 Å². The summed E-state index contributed by atoms with van der Waals surface area (Å²) in [7, 11) is 0. The Balaban J connectivity index is 2.48. The van der Waals surface area contributed by atoms with E-state index in [9.17, 15) is 0 Å². The number of rotatable bonds is 0. The van der Waals surface area contributed by atoms with Gasteiger partial charge in [0.05, 0.1) is 6.54 Å². The van der Waals surface area contributed by atoms with Crippen molar-refractivity contribution in [2.24, 2.45) is 10.7 Å². The van der Waals surface area contributed by atoms with Crippen molar-refractivity contribution in [1.82, 2.24) is 5.32 Å². The summed E-state index contributed by atoms with van der Waals surface area (Å²) >= 11 is 0. The van der Waals surface area contributed by atoms with E-state index in [-0.39, 0.29) is 5.54 Å². The third-order valence-corrected chi connectivity index (χ3v) is 1.35. The number of nitrogens with one attached hydrogen (secondary N) is 1. The maximum absolute atomic E-state index is 5.80. The van der Waals surface area contributed by atoms with Gasteiger partial charge in [-0.2, -0.15) is 0 Å². The Morgan fingerprint density at radius 3 is 3.33 bits per heavy atom. The zero-order valence-corrected chi connectivity index (χ0v) is 5.72. The highest BCUT2D eigenvalue weighted by Crippen LogP contribution is 1.98. The van der Waals surface area contributed by atoms with Crippen LogP contribution >= 0.6 is 0 Å². The molecule has 3 heteroatoms. The Hall–Kier alpha value is -0.410. The molecule has 0 saturated carbocycles. The van der Waals surface area contributed by atoms with Crippen LogP contribution in [0.25, 0.3) is 0 Å². The van der Waals surface area contributed by atoms with Crippen LogP contribution in [0.1, 0.15) is 6.92 Å². The fourth-order valence-electron chi connectivity index (χ4n) is 0.816. The van der Waals surface area contributed by atoms with E-state index in [1.807, 2.05) is 13.1 Å². The van der Waals surface area contributed by atoms with Crippen LogP contribution in [-0.2, 0) is 0 Å². The molecule has 0 fully saturated rings. The molecule has 1 rings (SSSR count). The highest BCUT2D eigenvalue weighted by Gasteiger charge is 2.17. The van der Waals surface area contributed by atoms with Gasteiger partial charge in [-0.15, -0.1) is 0 Å². The summed E-state index contributed by atoms with van der Waals surface area (Å²) in [5, 5.41) is 3.16. The monoisotopic (exact) mass is 127 g/mol. The Morgan fingerprint density at radius 1 is 1.78 bits per heavy atom. The number of nitrogens with two attached hydrogens (primary N) is 1. The second kappa shape index (κ2) is 2.45. The number of aliphatic imine (C=N–C) groups is 1. The van der Waals surface area contributed by atoms with E-state index in [1.165, 1.54) is 0 Å². The first kappa shape index (κ1) is 6.71. The standard InChI is InChI=1S/C6H13N3/c1-6(7)4-8-2-3-9-5-6/h2,9H,3-5,7H2,1H3. The lowest BCUT2D eigenvalue weighted by Crippen LogP contribution is -2.47. The minimum atomic E-state index is -0.146. The predicted octanol–water partition coefficient (Wildman–Crippen LogP) is -0.622. The molecule has 0 spiro atoms. The van der Waals surface area contributed by atoms with Crippen molar-refractivity contribution in [3.8, 4) is 0 Å². The van der Waals surface area contributed by atoms with Crippen molar-refractivity contribution in [2.45, 2.75) is 12.5 Å². The first-order valence-electron chi connectivity index (χ1n) is 3.19. The molecule has 0 aromatic carbocycles. The SMILES string of the molecule is CC1(N)CN=CCNC1. The summed E-state index contributed by atoms with van der Waals surface area (Å²) < 4.78 is 0. The normalized spacial score (nSPS) is 36.2. The second-order valence-corrected chi connectivity index (χ2v) is 2.81. The molecule has 52 valence electrons. The average molecular weight is 127 g/mol. The molecule has 3 N–H and O–H groups in total. The van der Waals surface area contributed by atoms with Gasteiger partial charge in [0.2, 0.25) is 0 Å². The summed E-state index contributed by atoms with van der Waals surface area (Å²) in [4.78, 5) is 4.11. The summed E-state index contributed by atoms with van der Waals surface area (Å²) in [5.74, 6) is 0. The number of hydrogen-bond acceptors (Lipinski definition) is 3. The van der Waals surface area contributed by atoms with Gasteiger partial charge in [0.25, 0.3) is 0 Å². The molecule has 1 aliphatic rings. The number of hydrogen-bond donors (Lipinski definition) is 2. The van der Waals surface area contributed by atoms with Crippen LogP contribution in [-0.4, -0.2) is 31.4 Å². The topological polar surface area (TPSA) is 50.4 Å². The molecule has 1 unspecified atom stereocenters. The first-order valence-corrected chi connectivity index (χ1v) is 3.19. The fourth-order valence-corrected chi connectivity index (χ4v) is 0.816. The molecule has 0 aromatic rings. The van der Waals surface area contributed by atoms with Crippen molar-refractivity contribution in [1.29, 1.82) is 0 Å². The van der Waals surface area contributed by atoms with Crippen LogP contribution < -0.4 is 11.1 Å². The van der Waals surface area contributed by atoms with Crippen LogP contribution in [0.4, 0.5) is 0 Å². The fraction of sp³-hybridized carbons (Fsp3) is 0.833. The first-order chi connectivity index (χ1) is 4.21. The molecule has 9 heavy (non-hydrogen) atoms. The molecule has 1 aliphatic heterocycles. The van der Waals surface area contributed by atoms with Crippen molar-refractivity contribution in [3.05, 3.63) is 0 Å². The van der Waals surface area contributed by atoms with Crippen LogP contribution in [0, 0.1) is 0 Å². The van der Waals surface area contributed by atoms with Crippen molar-refractivity contribution in [2.75, 3.05) is 19.6 Å². The minimum Gasteiger partial charge on any atom is -0.323 e. The molecule has 3 nitrogen and oxygen atoms in total.